The number of nitrogens with zero attached hydrogens (tertiary/aromatic N) is 1. The predicted octanol–water partition coefficient (Wildman–Crippen LogP) is 3.81. The Hall–Kier alpha value is -2.39. The Labute approximate surface area is 119 Å². The molecule has 0 spiro atoms. The van der Waals surface area contributed by atoms with Crippen LogP contribution in [0, 0.1) is 0 Å². The van der Waals surface area contributed by atoms with Crippen molar-refractivity contribution in [3.05, 3.63) is 90.3 Å². The molecule has 1 N–H and O–H groups in total. The summed E-state index contributed by atoms with van der Waals surface area (Å²) in [5.74, 6) is 0. The van der Waals surface area contributed by atoms with Gasteiger partial charge in [-0.2, -0.15) is 5.10 Å². The Morgan fingerprint density at radius 3 is 1.65 bits per heavy atom. The highest BCUT2D eigenvalue weighted by atomic mass is 16.5. The van der Waals surface area contributed by atoms with Crippen LogP contribution in [-0.4, -0.2) is 10.2 Å². The Kier molecular flexibility index (Phi) is 6.08. The lowest BCUT2D eigenvalue weighted by Gasteiger charge is -2.03. The lowest BCUT2D eigenvalue weighted by atomic mass is 10.2. The molecule has 3 heteroatoms. The number of nitrogens with one attached hydrogen (secondary N) is 1. The average Bonchev–Trinajstić information content (AvgIpc) is 3.09. The lowest BCUT2D eigenvalue weighted by Crippen LogP contribution is -1.93. The topological polar surface area (TPSA) is 37.9 Å². The van der Waals surface area contributed by atoms with E-state index in [4.69, 9.17) is 4.74 Å². The molecule has 2 aromatic carbocycles. The number of benzene rings is 2. The van der Waals surface area contributed by atoms with Gasteiger partial charge in [-0.15, -0.1) is 0 Å². The molecule has 0 unspecified atom stereocenters. The van der Waals surface area contributed by atoms with Crippen LogP contribution in [0.1, 0.15) is 11.1 Å². The van der Waals surface area contributed by atoms with Gasteiger partial charge in [-0.1, -0.05) is 60.7 Å². The van der Waals surface area contributed by atoms with Gasteiger partial charge in [0, 0.05) is 12.4 Å². The van der Waals surface area contributed by atoms with Crippen LogP contribution < -0.4 is 0 Å². The van der Waals surface area contributed by atoms with Crippen LogP contribution >= 0.6 is 0 Å². The summed E-state index contributed by atoms with van der Waals surface area (Å²) >= 11 is 0. The smallest absolute Gasteiger partial charge is 0.0721 e. The minimum atomic E-state index is 0.676. The zero-order valence-corrected chi connectivity index (χ0v) is 11.3. The second-order valence-electron chi connectivity index (χ2n) is 4.23. The fourth-order valence-electron chi connectivity index (χ4n) is 1.65. The number of H-pyrrole nitrogens is 1. The largest absolute Gasteiger partial charge is 0.372 e. The maximum absolute atomic E-state index is 5.61. The van der Waals surface area contributed by atoms with Crippen LogP contribution in [-0.2, 0) is 18.0 Å². The maximum Gasteiger partial charge on any atom is 0.0721 e. The van der Waals surface area contributed by atoms with Crippen LogP contribution in [0.3, 0.4) is 0 Å². The lowest BCUT2D eigenvalue weighted by molar-refractivity contribution is 0.107. The first-order chi connectivity index (χ1) is 9.95. The molecule has 3 rings (SSSR count). The van der Waals surface area contributed by atoms with E-state index in [9.17, 15) is 0 Å². The van der Waals surface area contributed by atoms with Gasteiger partial charge >= 0.3 is 0 Å². The summed E-state index contributed by atoms with van der Waals surface area (Å²) in [7, 11) is 0. The van der Waals surface area contributed by atoms with Gasteiger partial charge < -0.3 is 4.74 Å². The highest BCUT2D eigenvalue weighted by Crippen LogP contribution is 2.05. The van der Waals surface area contributed by atoms with E-state index in [-0.39, 0.29) is 0 Å². The van der Waals surface area contributed by atoms with E-state index in [1.165, 1.54) is 11.1 Å². The van der Waals surface area contributed by atoms with Crippen LogP contribution in [0.5, 0.6) is 0 Å². The fourth-order valence-corrected chi connectivity index (χ4v) is 1.65. The summed E-state index contributed by atoms with van der Waals surface area (Å²) in [5.41, 5.74) is 2.43. The Morgan fingerprint density at radius 1 is 0.750 bits per heavy atom. The second kappa shape index (κ2) is 8.67. The van der Waals surface area contributed by atoms with Gasteiger partial charge in [0.05, 0.1) is 13.2 Å². The molecule has 0 aliphatic rings. The maximum atomic E-state index is 5.61. The van der Waals surface area contributed by atoms with E-state index >= 15 is 0 Å². The first-order valence-corrected chi connectivity index (χ1v) is 6.54. The molecule has 102 valence electrons. The third-order valence-corrected chi connectivity index (χ3v) is 2.63. The zero-order valence-electron chi connectivity index (χ0n) is 11.3. The molecule has 1 aromatic heterocycles. The summed E-state index contributed by atoms with van der Waals surface area (Å²) in [4.78, 5) is 0. The minimum absolute atomic E-state index is 0.676. The second-order valence-corrected chi connectivity index (χ2v) is 4.23. The number of rotatable bonds is 4. The van der Waals surface area contributed by atoms with E-state index in [2.05, 4.69) is 34.5 Å². The van der Waals surface area contributed by atoms with Crippen molar-refractivity contribution < 1.29 is 4.74 Å². The molecule has 0 fully saturated rings. The van der Waals surface area contributed by atoms with Gasteiger partial charge in [-0.3, -0.25) is 5.10 Å². The highest BCUT2D eigenvalue weighted by molar-refractivity contribution is 5.15. The number of aromatic amines is 1. The van der Waals surface area contributed by atoms with Crippen LogP contribution in [0.2, 0.25) is 0 Å². The fraction of sp³-hybridized carbons (Fsp3) is 0.118. The number of ether oxygens (including phenoxy) is 1. The van der Waals surface area contributed by atoms with Gasteiger partial charge in [0.15, 0.2) is 0 Å². The van der Waals surface area contributed by atoms with Crippen molar-refractivity contribution in [3.63, 3.8) is 0 Å². The standard InChI is InChI=1S/C14H14O.C3H4N2/c1-3-7-13(8-4-1)11-15-12-14-9-5-2-6-10-14;1-2-4-5-3-1/h1-10H,11-12H2;1-3H,(H,4,5). The summed E-state index contributed by atoms with van der Waals surface area (Å²) in [5, 5.41) is 6.21. The number of hydrogen-bond donors (Lipinski definition) is 1. The molecule has 0 saturated carbocycles. The van der Waals surface area contributed by atoms with E-state index in [1.54, 1.807) is 12.4 Å². The van der Waals surface area contributed by atoms with Gasteiger partial charge in [-0.25, -0.2) is 0 Å². The molecular formula is C17H18N2O. The van der Waals surface area contributed by atoms with Crippen molar-refractivity contribution in [1.29, 1.82) is 0 Å². The average molecular weight is 266 g/mol. The molecule has 0 aliphatic carbocycles. The molecule has 0 amide bonds. The predicted molar refractivity (Wildman–Crippen MR) is 80.0 cm³/mol. The van der Waals surface area contributed by atoms with Crippen LogP contribution in [0.25, 0.3) is 0 Å². The molecule has 0 radical (unpaired) electrons. The van der Waals surface area contributed by atoms with Crippen LogP contribution in [0.4, 0.5) is 0 Å². The zero-order chi connectivity index (χ0) is 13.9. The van der Waals surface area contributed by atoms with Crippen molar-refractivity contribution in [3.8, 4) is 0 Å². The summed E-state index contributed by atoms with van der Waals surface area (Å²) in [6.45, 7) is 1.35. The molecule has 1 heterocycles. The van der Waals surface area contributed by atoms with Gasteiger partial charge in [-0.05, 0) is 17.2 Å². The quantitative estimate of drug-likeness (QED) is 0.779. The van der Waals surface area contributed by atoms with Crippen molar-refractivity contribution in [2.45, 2.75) is 13.2 Å². The van der Waals surface area contributed by atoms with Gasteiger partial charge in [0.1, 0.15) is 0 Å². The first kappa shape index (κ1) is 14.0. The summed E-state index contributed by atoms with van der Waals surface area (Å²) < 4.78 is 5.61. The SMILES string of the molecule is c1ccc(COCc2ccccc2)cc1.c1cn[nH]c1. The van der Waals surface area contributed by atoms with Gasteiger partial charge in [0.25, 0.3) is 0 Å². The third-order valence-electron chi connectivity index (χ3n) is 2.63. The molecule has 0 saturated heterocycles. The van der Waals surface area contributed by atoms with Crippen molar-refractivity contribution in [1.82, 2.24) is 10.2 Å². The van der Waals surface area contributed by atoms with E-state index in [0.717, 1.165) is 0 Å². The van der Waals surface area contributed by atoms with Crippen molar-refractivity contribution >= 4 is 0 Å². The number of hydrogen-bond acceptors (Lipinski definition) is 2. The summed E-state index contributed by atoms with van der Waals surface area (Å²) in [6.07, 6.45) is 3.46. The molecule has 3 nitrogen and oxygen atoms in total. The molecule has 0 bridgehead atoms. The van der Waals surface area contributed by atoms with E-state index in [1.807, 2.05) is 42.5 Å². The Balaban J connectivity index is 0.000000247. The molecular weight excluding hydrogens is 248 g/mol. The molecule has 0 atom stereocenters. The van der Waals surface area contributed by atoms with Crippen LogP contribution in [0.15, 0.2) is 79.1 Å². The molecule has 0 aliphatic heterocycles. The summed E-state index contributed by atoms with van der Waals surface area (Å²) in [6, 6.07) is 22.3. The van der Waals surface area contributed by atoms with E-state index < -0.39 is 0 Å². The first-order valence-electron chi connectivity index (χ1n) is 6.54. The Bertz CT molecular complexity index is 493. The van der Waals surface area contributed by atoms with E-state index in [0.29, 0.717) is 13.2 Å². The third kappa shape index (κ3) is 5.50. The monoisotopic (exact) mass is 266 g/mol. The normalized spacial score (nSPS) is 9.60. The molecule has 3 aromatic rings. The Morgan fingerprint density at radius 2 is 1.30 bits per heavy atom. The minimum Gasteiger partial charge on any atom is -0.372 e. The highest BCUT2D eigenvalue weighted by Gasteiger charge is 1.93. The van der Waals surface area contributed by atoms with Gasteiger partial charge in [0.2, 0.25) is 0 Å². The van der Waals surface area contributed by atoms with Crippen molar-refractivity contribution in [2.24, 2.45) is 0 Å². The molecule has 20 heavy (non-hydrogen) atoms. The van der Waals surface area contributed by atoms with Crippen molar-refractivity contribution in [2.75, 3.05) is 0 Å². The number of aromatic nitrogens is 2.